The molecule has 120 valence electrons. The van der Waals surface area contributed by atoms with Gasteiger partial charge < -0.3 is 10.4 Å². The summed E-state index contributed by atoms with van der Waals surface area (Å²) in [7, 11) is 0. The number of amides is 1. The Bertz CT molecular complexity index is 524. The lowest BCUT2D eigenvalue weighted by Gasteiger charge is -2.16. The minimum absolute atomic E-state index is 0.0168. The molecule has 0 bridgehead atoms. The average molecular weight is 303 g/mol. The standard InChI is InChI=1S/C18H25NO3/c1-3-13-4-6-14(7-5-13)12(2)10-17(20)19-16-9-8-15(11-16)18(21)22/h4-7,12,15-16H,3,8-11H2,1-2H3,(H,19,20)(H,21,22)/t12?,15-,16+/m0/s1. The van der Waals surface area contributed by atoms with E-state index in [4.69, 9.17) is 5.11 Å². The predicted molar refractivity (Wildman–Crippen MR) is 85.8 cm³/mol. The SMILES string of the molecule is CCc1ccc(C(C)CC(=O)N[C@@H]2CC[C@H](C(=O)O)C2)cc1. The molecule has 4 nitrogen and oxygen atoms in total. The van der Waals surface area contributed by atoms with Gasteiger partial charge in [0.2, 0.25) is 5.91 Å². The molecule has 22 heavy (non-hydrogen) atoms. The number of carbonyl (C=O) groups excluding carboxylic acids is 1. The van der Waals surface area contributed by atoms with Crippen LogP contribution in [0.3, 0.4) is 0 Å². The Hall–Kier alpha value is -1.84. The summed E-state index contributed by atoms with van der Waals surface area (Å²) in [6, 6.07) is 8.42. The van der Waals surface area contributed by atoms with Crippen LogP contribution in [-0.4, -0.2) is 23.0 Å². The molecule has 0 radical (unpaired) electrons. The van der Waals surface area contributed by atoms with E-state index in [1.54, 1.807) is 0 Å². The maximum atomic E-state index is 12.1. The topological polar surface area (TPSA) is 66.4 Å². The van der Waals surface area contributed by atoms with Gasteiger partial charge >= 0.3 is 5.97 Å². The highest BCUT2D eigenvalue weighted by Crippen LogP contribution is 2.26. The van der Waals surface area contributed by atoms with Gasteiger partial charge in [0.25, 0.3) is 0 Å². The number of rotatable bonds is 6. The Morgan fingerprint density at radius 2 is 1.95 bits per heavy atom. The Labute approximate surface area is 131 Å². The van der Waals surface area contributed by atoms with Crippen molar-refractivity contribution in [2.75, 3.05) is 0 Å². The van der Waals surface area contributed by atoms with E-state index in [0.29, 0.717) is 19.3 Å². The number of hydrogen-bond acceptors (Lipinski definition) is 2. The van der Waals surface area contributed by atoms with Crippen LogP contribution < -0.4 is 5.32 Å². The maximum Gasteiger partial charge on any atom is 0.306 e. The van der Waals surface area contributed by atoms with Crippen LogP contribution in [0.2, 0.25) is 0 Å². The minimum Gasteiger partial charge on any atom is -0.481 e. The summed E-state index contributed by atoms with van der Waals surface area (Å²) in [5.41, 5.74) is 2.47. The molecule has 1 aliphatic rings. The van der Waals surface area contributed by atoms with Crippen molar-refractivity contribution >= 4 is 11.9 Å². The first-order valence-corrected chi connectivity index (χ1v) is 8.10. The molecule has 1 saturated carbocycles. The van der Waals surface area contributed by atoms with Crippen molar-refractivity contribution in [3.8, 4) is 0 Å². The van der Waals surface area contributed by atoms with E-state index in [1.165, 1.54) is 11.1 Å². The van der Waals surface area contributed by atoms with Crippen LogP contribution >= 0.6 is 0 Å². The van der Waals surface area contributed by atoms with Crippen LogP contribution in [0.1, 0.15) is 56.6 Å². The highest BCUT2D eigenvalue weighted by atomic mass is 16.4. The predicted octanol–water partition coefficient (Wildman–Crippen LogP) is 3.11. The van der Waals surface area contributed by atoms with Gasteiger partial charge in [-0.15, -0.1) is 0 Å². The molecule has 0 aliphatic heterocycles. The summed E-state index contributed by atoms with van der Waals surface area (Å²) in [4.78, 5) is 23.1. The number of carboxylic acid groups (broad SMARTS) is 1. The van der Waals surface area contributed by atoms with Gasteiger partial charge in [0.1, 0.15) is 0 Å². The summed E-state index contributed by atoms with van der Waals surface area (Å²) in [5, 5.41) is 12.0. The summed E-state index contributed by atoms with van der Waals surface area (Å²) in [5.74, 6) is -0.865. The van der Waals surface area contributed by atoms with E-state index in [0.717, 1.165) is 12.8 Å². The average Bonchev–Trinajstić information content (AvgIpc) is 2.95. The van der Waals surface area contributed by atoms with Crippen molar-refractivity contribution in [2.24, 2.45) is 5.92 Å². The molecule has 4 heteroatoms. The highest BCUT2D eigenvalue weighted by Gasteiger charge is 2.30. The van der Waals surface area contributed by atoms with Crippen molar-refractivity contribution in [1.29, 1.82) is 0 Å². The van der Waals surface area contributed by atoms with E-state index in [2.05, 4.69) is 43.4 Å². The van der Waals surface area contributed by atoms with Gasteiger partial charge in [0.05, 0.1) is 5.92 Å². The number of carboxylic acids is 1. The lowest BCUT2D eigenvalue weighted by molar-refractivity contribution is -0.141. The molecule has 0 spiro atoms. The molecule has 1 amide bonds. The third-order valence-electron chi connectivity index (χ3n) is 4.60. The van der Waals surface area contributed by atoms with E-state index < -0.39 is 5.97 Å². The molecular weight excluding hydrogens is 278 g/mol. The van der Waals surface area contributed by atoms with Crippen LogP contribution in [0.15, 0.2) is 24.3 Å². The second kappa shape index (κ2) is 7.43. The molecule has 2 N–H and O–H groups in total. The lowest BCUT2D eigenvalue weighted by Crippen LogP contribution is -2.33. The van der Waals surface area contributed by atoms with E-state index >= 15 is 0 Å². The van der Waals surface area contributed by atoms with Gasteiger partial charge in [0, 0.05) is 12.5 Å². The fourth-order valence-electron chi connectivity index (χ4n) is 3.10. The van der Waals surface area contributed by atoms with Gasteiger partial charge in [-0.3, -0.25) is 9.59 Å². The van der Waals surface area contributed by atoms with E-state index in [-0.39, 0.29) is 23.8 Å². The highest BCUT2D eigenvalue weighted by molar-refractivity contribution is 5.77. The van der Waals surface area contributed by atoms with Gasteiger partial charge in [-0.1, -0.05) is 38.1 Å². The second-order valence-corrected chi connectivity index (χ2v) is 6.31. The smallest absolute Gasteiger partial charge is 0.306 e. The van der Waals surface area contributed by atoms with Gasteiger partial charge in [0.15, 0.2) is 0 Å². The first-order chi connectivity index (χ1) is 10.5. The molecule has 1 unspecified atom stereocenters. The maximum absolute atomic E-state index is 12.1. The van der Waals surface area contributed by atoms with Crippen LogP contribution in [0.4, 0.5) is 0 Å². The molecule has 1 aliphatic carbocycles. The Balaban J connectivity index is 1.82. The molecule has 1 aromatic carbocycles. The van der Waals surface area contributed by atoms with Crippen LogP contribution in [0, 0.1) is 5.92 Å². The summed E-state index contributed by atoms with van der Waals surface area (Å²) in [6.07, 6.45) is 3.44. The van der Waals surface area contributed by atoms with Crippen molar-refractivity contribution in [1.82, 2.24) is 5.32 Å². The van der Waals surface area contributed by atoms with Crippen molar-refractivity contribution in [3.63, 3.8) is 0 Å². The summed E-state index contributed by atoms with van der Waals surface area (Å²) >= 11 is 0. The molecule has 0 heterocycles. The summed E-state index contributed by atoms with van der Waals surface area (Å²) in [6.45, 7) is 4.17. The van der Waals surface area contributed by atoms with Crippen molar-refractivity contribution in [2.45, 2.75) is 57.9 Å². The fourth-order valence-corrected chi connectivity index (χ4v) is 3.10. The molecular formula is C18H25NO3. The Morgan fingerprint density at radius 1 is 1.27 bits per heavy atom. The normalized spacial score (nSPS) is 22.3. The second-order valence-electron chi connectivity index (χ2n) is 6.31. The van der Waals surface area contributed by atoms with Crippen molar-refractivity contribution < 1.29 is 14.7 Å². The number of carbonyl (C=O) groups is 2. The Morgan fingerprint density at radius 3 is 2.50 bits per heavy atom. The minimum atomic E-state index is -0.749. The molecule has 0 saturated heterocycles. The molecule has 0 aromatic heterocycles. The number of aliphatic carboxylic acids is 1. The van der Waals surface area contributed by atoms with Crippen LogP contribution in [0.5, 0.6) is 0 Å². The number of benzene rings is 1. The third-order valence-corrected chi connectivity index (χ3v) is 4.60. The van der Waals surface area contributed by atoms with E-state index in [1.807, 2.05) is 0 Å². The van der Waals surface area contributed by atoms with Crippen molar-refractivity contribution in [3.05, 3.63) is 35.4 Å². The molecule has 1 aromatic rings. The quantitative estimate of drug-likeness (QED) is 0.848. The number of nitrogens with one attached hydrogen (secondary N) is 1. The third kappa shape index (κ3) is 4.33. The Kier molecular flexibility index (Phi) is 5.58. The zero-order valence-electron chi connectivity index (χ0n) is 13.3. The zero-order valence-corrected chi connectivity index (χ0v) is 13.3. The number of aryl methyl sites for hydroxylation is 1. The van der Waals surface area contributed by atoms with Gasteiger partial charge in [-0.25, -0.2) is 0 Å². The molecule has 2 rings (SSSR count). The van der Waals surface area contributed by atoms with E-state index in [9.17, 15) is 9.59 Å². The fraction of sp³-hybridized carbons (Fsp3) is 0.556. The van der Waals surface area contributed by atoms with Crippen LogP contribution in [-0.2, 0) is 16.0 Å². The lowest BCUT2D eigenvalue weighted by atomic mass is 9.96. The first-order valence-electron chi connectivity index (χ1n) is 8.10. The van der Waals surface area contributed by atoms with Gasteiger partial charge in [-0.2, -0.15) is 0 Å². The van der Waals surface area contributed by atoms with Gasteiger partial charge in [-0.05, 0) is 42.7 Å². The first kappa shape index (κ1) is 16.5. The number of hydrogen-bond donors (Lipinski definition) is 2. The monoisotopic (exact) mass is 303 g/mol. The largest absolute Gasteiger partial charge is 0.481 e. The zero-order chi connectivity index (χ0) is 16.1. The molecule has 3 atom stereocenters. The summed E-state index contributed by atoms with van der Waals surface area (Å²) < 4.78 is 0. The molecule has 1 fully saturated rings. The van der Waals surface area contributed by atoms with Crippen LogP contribution in [0.25, 0.3) is 0 Å².